The number of hydrogen-bond donors (Lipinski definition) is 0. The fourth-order valence-corrected chi connectivity index (χ4v) is 1.75. The van der Waals surface area contributed by atoms with Crippen LogP contribution < -0.4 is 4.74 Å². The van der Waals surface area contributed by atoms with Crippen molar-refractivity contribution in [3.63, 3.8) is 0 Å². The van der Waals surface area contributed by atoms with Crippen molar-refractivity contribution in [2.75, 3.05) is 6.61 Å². The first kappa shape index (κ1) is 8.30. The fraction of sp³-hybridized carbons (Fsp3) is 0.364. The molecule has 0 N–H and O–H groups in total. The van der Waals surface area contributed by atoms with E-state index in [1.165, 1.54) is 5.56 Å². The first-order valence-corrected chi connectivity index (χ1v) is 4.53. The van der Waals surface area contributed by atoms with Gasteiger partial charge in [0.2, 0.25) is 0 Å². The lowest BCUT2D eigenvalue weighted by Crippen LogP contribution is -2.10. The first-order valence-electron chi connectivity index (χ1n) is 4.53. The van der Waals surface area contributed by atoms with Crippen molar-refractivity contribution in [2.24, 2.45) is 0 Å². The Balaban J connectivity index is 2.54. The number of carbonyl (C=O) groups is 1. The van der Waals surface area contributed by atoms with Gasteiger partial charge in [-0.1, -0.05) is 0 Å². The van der Waals surface area contributed by atoms with E-state index in [4.69, 9.17) is 4.74 Å². The molecule has 1 heterocycles. The number of fused-ring (bicyclic) bond motifs is 1. The van der Waals surface area contributed by atoms with Crippen LogP contribution >= 0.6 is 0 Å². The minimum absolute atomic E-state index is 0.782. The summed E-state index contributed by atoms with van der Waals surface area (Å²) in [6.45, 7) is 2.78. The Bertz CT molecular complexity index is 342. The fourth-order valence-electron chi connectivity index (χ4n) is 1.75. The summed E-state index contributed by atoms with van der Waals surface area (Å²) in [5.74, 6) is 0.953. The van der Waals surface area contributed by atoms with Crippen LogP contribution in [0.5, 0.6) is 5.75 Å². The Morgan fingerprint density at radius 1 is 1.46 bits per heavy atom. The largest absolute Gasteiger partial charge is 0.493 e. The van der Waals surface area contributed by atoms with Gasteiger partial charge >= 0.3 is 0 Å². The Hall–Kier alpha value is -1.31. The van der Waals surface area contributed by atoms with Gasteiger partial charge in [0, 0.05) is 5.56 Å². The Morgan fingerprint density at radius 2 is 2.31 bits per heavy atom. The van der Waals surface area contributed by atoms with Crippen LogP contribution in [-0.2, 0) is 6.42 Å². The minimum atomic E-state index is 0.782. The standard InChI is InChI=1S/C11H12O2/c1-8-9(7-12)4-5-11-10(8)3-2-6-13-11/h4-5,7H,2-3,6H2,1H3. The van der Waals surface area contributed by atoms with Gasteiger partial charge in [0.1, 0.15) is 12.0 Å². The second-order valence-electron chi connectivity index (χ2n) is 3.33. The molecule has 13 heavy (non-hydrogen) atoms. The number of ether oxygens (including phenoxy) is 1. The zero-order valence-electron chi connectivity index (χ0n) is 7.67. The average molecular weight is 176 g/mol. The summed E-state index contributed by atoms with van der Waals surface area (Å²) in [7, 11) is 0. The summed E-state index contributed by atoms with van der Waals surface area (Å²) in [5, 5.41) is 0. The highest BCUT2D eigenvalue weighted by Crippen LogP contribution is 2.28. The summed E-state index contributed by atoms with van der Waals surface area (Å²) in [4.78, 5) is 10.7. The van der Waals surface area contributed by atoms with E-state index in [0.29, 0.717) is 0 Å². The molecule has 0 bridgehead atoms. The van der Waals surface area contributed by atoms with Gasteiger partial charge in [-0.15, -0.1) is 0 Å². The topological polar surface area (TPSA) is 26.3 Å². The molecule has 0 unspecified atom stereocenters. The van der Waals surface area contributed by atoms with E-state index in [2.05, 4.69) is 0 Å². The molecule has 68 valence electrons. The number of carbonyl (C=O) groups excluding carboxylic acids is 1. The zero-order valence-corrected chi connectivity index (χ0v) is 7.67. The lowest BCUT2D eigenvalue weighted by atomic mass is 9.97. The first-order chi connectivity index (χ1) is 6.33. The van der Waals surface area contributed by atoms with Gasteiger partial charge in [0.25, 0.3) is 0 Å². The maximum atomic E-state index is 10.7. The number of aldehydes is 1. The van der Waals surface area contributed by atoms with E-state index in [1.807, 2.05) is 19.1 Å². The van der Waals surface area contributed by atoms with Gasteiger partial charge in [-0.25, -0.2) is 0 Å². The van der Waals surface area contributed by atoms with Crippen LogP contribution in [0.4, 0.5) is 0 Å². The molecule has 0 radical (unpaired) electrons. The highest BCUT2D eigenvalue weighted by atomic mass is 16.5. The summed E-state index contributed by atoms with van der Waals surface area (Å²) in [6.07, 6.45) is 2.99. The predicted molar refractivity (Wildman–Crippen MR) is 50.4 cm³/mol. The lowest BCUT2D eigenvalue weighted by Gasteiger charge is -2.19. The van der Waals surface area contributed by atoms with Crippen molar-refractivity contribution in [1.82, 2.24) is 0 Å². The second-order valence-corrected chi connectivity index (χ2v) is 3.33. The summed E-state index contributed by atoms with van der Waals surface area (Å²) in [6, 6.07) is 3.72. The molecule has 1 aliphatic heterocycles. The van der Waals surface area contributed by atoms with Crippen LogP contribution in [0.3, 0.4) is 0 Å². The number of hydrogen-bond acceptors (Lipinski definition) is 2. The quantitative estimate of drug-likeness (QED) is 0.613. The normalized spacial score (nSPS) is 14.5. The van der Waals surface area contributed by atoms with Gasteiger partial charge in [0.05, 0.1) is 6.61 Å². The van der Waals surface area contributed by atoms with Crippen LogP contribution in [-0.4, -0.2) is 12.9 Å². The van der Waals surface area contributed by atoms with E-state index in [0.717, 1.165) is 42.6 Å². The van der Waals surface area contributed by atoms with Gasteiger partial charge < -0.3 is 4.74 Å². The predicted octanol–water partition coefficient (Wildman–Crippen LogP) is 2.13. The van der Waals surface area contributed by atoms with Gasteiger partial charge in [-0.05, 0) is 43.0 Å². The number of rotatable bonds is 1. The van der Waals surface area contributed by atoms with Crippen molar-refractivity contribution in [3.05, 3.63) is 28.8 Å². The lowest BCUT2D eigenvalue weighted by molar-refractivity contribution is 0.112. The molecule has 0 atom stereocenters. The molecule has 2 rings (SSSR count). The third-order valence-corrected chi connectivity index (χ3v) is 2.55. The average Bonchev–Trinajstić information content (AvgIpc) is 2.19. The Kier molecular flexibility index (Phi) is 2.05. The highest BCUT2D eigenvalue weighted by Gasteiger charge is 2.14. The van der Waals surface area contributed by atoms with Crippen LogP contribution in [0.2, 0.25) is 0 Å². The van der Waals surface area contributed by atoms with Crippen LogP contribution in [0.25, 0.3) is 0 Å². The maximum absolute atomic E-state index is 10.7. The van der Waals surface area contributed by atoms with E-state index in [9.17, 15) is 4.79 Å². The molecule has 1 aromatic carbocycles. The molecular formula is C11H12O2. The molecular weight excluding hydrogens is 164 g/mol. The van der Waals surface area contributed by atoms with Crippen molar-refractivity contribution in [3.8, 4) is 5.75 Å². The van der Waals surface area contributed by atoms with Crippen molar-refractivity contribution >= 4 is 6.29 Å². The third-order valence-electron chi connectivity index (χ3n) is 2.55. The van der Waals surface area contributed by atoms with E-state index in [-0.39, 0.29) is 0 Å². The molecule has 2 heteroatoms. The molecule has 0 fully saturated rings. The molecule has 0 aromatic heterocycles. The molecule has 0 amide bonds. The van der Waals surface area contributed by atoms with Crippen LogP contribution in [0, 0.1) is 6.92 Å². The molecule has 1 aliphatic rings. The number of benzene rings is 1. The maximum Gasteiger partial charge on any atom is 0.150 e. The molecule has 0 saturated carbocycles. The zero-order chi connectivity index (χ0) is 9.26. The van der Waals surface area contributed by atoms with Crippen molar-refractivity contribution < 1.29 is 9.53 Å². The molecule has 0 saturated heterocycles. The molecule has 0 aliphatic carbocycles. The minimum Gasteiger partial charge on any atom is -0.493 e. The van der Waals surface area contributed by atoms with Gasteiger partial charge in [-0.2, -0.15) is 0 Å². The van der Waals surface area contributed by atoms with Gasteiger partial charge in [0.15, 0.2) is 0 Å². The molecule has 0 spiro atoms. The van der Waals surface area contributed by atoms with Crippen molar-refractivity contribution in [1.29, 1.82) is 0 Å². The summed E-state index contributed by atoms with van der Waals surface area (Å²) < 4.78 is 5.49. The smallest absolute Gasteiger partial charge is 0.150 e. The second kappa shape index (κ2) is 3.21. The van der Waals surface area contributed by atoms with Crippen LogP contribution in [0.15, 0.2) is 12.1 Å². The molecule has 1 aromatic rings. The summed E-state index contributed by atoms with van der Waals surface area (Å²) >= 11 is 0. The molecule has 2 nitrogen and oxygen atoms in total. The van der Waals surface area contributed by atoms with E-state index in [1.54, 1.807) is 0 Å². The Morgan fingerprint density at radius 3 is 3.08 bits per heavy atom. The summed E-state index contributed by atoms with van der Waals surface area (Å²) in [5.41, 5.74) is 3.06. The van der Waals surface area contributed by atoms with Crippen molar-refractivity contribution in [2.45, 2.75) is 19.8 Å². The van der Waals surface area contributed by atoms with E-state index < -0.39 is 0 Å². The SMILES string of the molecule is Cc1c(C=O)ccc2c1CCCO2. The van der Waals surface area contributed by atoms with Crippen LogP contribution in [0.1, 0.15) is 27.9 Å². The monoisotopic (exact) mass is 176 g/mol. The van der Waals surface area contributed by atoms with Gasteiger partial charge in [-0.3, -0.25) is 4.79 Å². The Labute approximate surface area is 77.5 Å². The third kappa shape index (κ3) is 1.32. The highest BCUT2D eigenvalue weighted by molar-refractivity contribution is 5.78. The van der Waals surface area contributed by atoms with E-state index >= 15 is 0 Å².